The Kier molecular flexibility index (Phi) is 4.19. The summed E-state index contributed by atoms with van der Waals surface area (Å²) in [6.07, 6.45) is 3.15. The van der Waals surface area contributed by atoms with Gasteiger partial charge in [-0.25, -0.2) is 8.91 Å². The fraction of sp³-hybridized carbons (Fsp3) is 0.263. The van der Waals surface area contributed by atoms with Crippen molar-refractivity contribution < 1.29 is 13.9 Å². The molecule has 4 rings (SSSR count). The van der Waals surface area contributed by atoms with E-state index in [1.54, 1.807) is 22.8 Å². The number of benzene rings is 1. The Labute approximate surface area is 144 Å². The fourth-order valence-corrected chi connectivity index (χ4v) is 3.12. The predicted octanol–water partition coefficient (Wildman–Crippen LogP) is 2.58. The van der Waals surface area contributed by atoms with Gasteiger partial charge in [-0.15, -0.1) is 0 Å². The van der Waals surface area contributed by atoms with E-state index < -0.39 is 0 Å². The fourth-order valence-electron chi connectivity index (χ4n) is 3.12. The number of amides is 1. The molecule has 0 radical (unpaired) electrons. The Bertz CT molecular complexity index is 916. The van der Waals surface area contributed by atoms with Crippen molar-refractivity contribution in [2.75, 3.05) is 13.2 Å². The summed E-state index contributed by atoms with van der Waals surface area (Å²) >= 11 is 0. The molecule has 5 nitrogen and oxygen atoms in total. The standard InChI is InChI=1S/C19H18FN3O2/c20-15-4-1-3-13(10-15)9-14-11-17(22-23-7-2-5-18(14)23)19(24)21-16-6-8-25-12-16/h1-5,7,10-11,16H,6,8-9,12H2,(H,21,24). The Balaban J connectivity index is 1.65. The minimum atomic E-state index is -0.267. The number of carbonyl (C=O) groups excluding carboxylic acids is 1. The van der Waals surface area contributed by atoms with Crippen molar-refractivity contribution in [2.45, 2.75) is 18.9 Å². The van der Waals surface area contributed by atoms with Gasteiger partial charge in [0.05, 0.1) is 18.2 Å². The summed E-state index contributed by atoms with van der Waals surface area (Å²) in [7, 11) is 0. The van der Waals surface area contributed by atoms with Crippen LogP contribution in [-0.2, 0) is 11.2 Å². The van der Waals surface area contributed by atoms with Crippen LogP contribution in [0.15, 0.2) is 48.7 Å². The van der Waals surface area contributed by atoms with Crippen molar-refractivity contribution in [1.29, 1.82) is 0 Å². The first kappa shape index (κ1) is 15.8. The Hall–Kier alpha value is -2.73. The highest BCUT2D eigenvalue weighted by molar-refractivity contribution is 5.93. The van der Waals surface area contributed by atoms with Gasteiger partial charge in [0.25, 0.3) is 5.91 Å². The lowest BCUT2D eigenvalue weighted by atomic mass is 10.0. The third kappa shape index (κ3) is 3.39. The Morgan fingerprint density at radius 1 is 1.32 bits per heavy atom. The monoisotopic (exact) mass is 339 g/mol. The van der Waals surface area contributed by atoms with Crippen molar-refractivity contribution in [3.05, 3.63) is 71.3 Å². The van der Waals surface area contributed by atoms with E-state index in [9.17, 15) is 9.18 Å². The second-order valence-electron chi connectivity index (χ2n) is 6.23. The summed E-state index contributed by atoms with van der Waals surface area (Å²) in [6, 6.07) is 12.1. The lowest BCUT2D eigenvalue weighted by Crippen LogP contribution is -2.35. The van der Waals surface area contributed by atoms with Gasteiger partial charge in [0.15, 0.2) is 0 Å². The number of nitrogens with one attached hydrogen (secondary N) is 1. The lowest BCUT2D eigenvalue weighted by Gasteiger charge is -2.12. The summed E-state index contributed by atoms with van der Waals surface area (Å²) in [5.41, 5.74) is 3.04. The molecule has 0 bridgehead atoms. The molecular formula is C19H18FN3O2. The third-order valence-corrected chi connectivity index (χ3v) is 4.36. The molecule has 1 saturated heterocycles. The molecule has 6 heteroatoms. The lowest BCUT2D eigenvalue weighted by molar-refractivity contribution is 0.0923. The van der Waals surface area contributed by atoms with Gasteiger partial charge in [0.1, 0.15) is 11.5 Å². The second-order valence-corrected chi connectivity index (χ2v) is 6.23. The van der Waals surface area contributed by atoms with E-state index >= 15 is 0 Å². The number of hydrogen-bond donors (Lipinski definition) is 1. The maximum Gasteiger partial charge on any atom is 0.272 e. The summed E-state index contributed by atoms with van der Waals surface area (Å²) in [5.74, 6) is -0.483. The summed E-state index contributed by atoms with van der Waals surface area (Å²) in [5, 5.41) is 7.34. The number of aromatic nitrogens is 2. The average molecular weight is 339 g/mol. The van der Waals surface area contributed by atoms with Crippen molar-refractivity contribution in [1.82, 2.24) is 14.9 Å². The number of ether oxygens (including phenoxy) is 1. The van der Waals surface area contributed by atoms with Crippen molar-refractivity contribution in [3.8, 4) is 0 Å². The molecule has 0 spiro atoms. The van der Waals surface area contributed by atoms with Crippen LogP contribution in [0.4, 0.5) is 4.39 Å². The predicted molar refractivity (Wildman–Crippen MR) is 91.1 cm³/mol. The molecule has 2 aromatic heterocycles. The zero-order valence-corrected chi connectivity index (χ0v) is 13.6. The highest BCUT2D eigenvalue weighted by atomic mass is 19.1. The maximum atomic E-state index is 13.5. The molecule has 0 aliphatic carbocycles. The SMILES string of the molecule is O=C(NC1CCOC1)c1cc(Cc2cccc(F)c2)c2cccn2n1. The van der Waals surface area contributed by atoms with E-state index in [-0.39, 0.29) is 17.8 Å². The molecule has 1 fully saturated rings. The Morgan fingerprint density at radius 3 is 3.04 bits per heavy atom. The molecule has 1 aromatic carbocycles. The van der Waals surface area contributed by atoms with Gasteiger partial charge in [0, 0.05) is 12.8 Å². The van der Waals surface area contributed by atoms with Crippen molar-refractivity contribution in [2.24, 2.45) is 0 Å². The van der Waals surface area contributed by atoms with Gasteiger partial charge in [-0.3, -0.25) is 4.79 Å². The molecule has 1 aliphatic rings. The number of hydrogen-bond acceptors (Lipinski definition) is 3. The van der Waals surface area contributed by atoms with Crippen LogP contribution >= 0.6 is 0 Å². The third-order valence-electron chi connectivity index (χ3n) is 4.36. The normalized spacial score (nSPS) is 17.1. The molecule has 1 atom stereocenters. The molecule has 3 aromatic rings. The molecule has 1 N–H and O–H groups in total. The topological polar surface area (TPSA) is 55.6 Å². The summed E-state index contributed by atoms with van der Waals surface area (Å²) in [4.78, 5) is 12.5. The van der Waals surface area contributed by atoms with Crippen LogP contribution in [0, 0.1) is 5.82 Å². The van der Waals surface area contributed by atoms with Gasteiger partial charge in [-0.05, 0) is 54.3 Å². The van der Waals surface area contributed by atoms with E-state index in [1.165, 1.54) is 12.1 Å². The van der Waals surface area contributed by atoms with Crippen LogP contribution < -0.4 is 5.32 Å². The van der Waals surface area contributed by atoms with Crippen LogP contribution in [-0.4, -0.2) is 34.8 Å². The molecule has 1 aliphatic heterocycles. The van der Waals surface area contributed by atoms with Crippen molar-refractivity contribution >= 4 is 11.4 Å². The molecule has 128 valence electrons. The molecule has 3 heterocycles. The van der Waals surface area contributed by atoms with Crippen molar-refractivity contribution in [3.63, 3.8) is 0 Å². The minimum absolute atomic E-state index is 0.0290. The first-order chi connectivity index (χ1) is 12.2. The van der Waals surface area contributed by atoms with Crippen LogP contribution in [0.3, 0.4) is 0 Å². The molecule has 25 heavy (non-hydrogen) atoms. The van der Waals surface area contributed by atoms with Crippen LogP contribution in [0.5, 0.6) is 0 Å². The van der Waals surface area contributed by atoms with Gasteiger partial charge in [-0.2, -0.15) is 5.10 Å². The smallest absolute Gasteiger partial charge is 0.272 e. The first-order valence-electron chi connectivity index (χ1n) is 8.29. The van der Waals surface area contributed by atoms with Gasteiger partial charge in [-0.1, -0.05) is 12.1 Å². The Morgan fingerprint density at radius 2 is 2.24 bits per heavy atom. The number of rotatable bonds is 4. The van der Waals surface area contributed by atoms with E-state index in [1.807, 2.05) is 18.2 Å². The largest absolute Gasteiger partial charge is 0.379 e. The highest BCUT2D eigenvalue weighted by Gasteiger charge is 2.20. The number of carbonyl (C=O) groups is 1. The van der Waals surface area contributed by atoms with Crippen LogP contribution in [0.25, 0.3) is 5.52 Å². The number of halogens is 1. The summed E-state index contributed by atoms with van der Waals surface area (Å²) < 4.78 is 20.4. The minimum Gasteiger partial charge on any atom is -0.379 e. The van der Waals surface area contributed by atoms with Gasteiger partial charge < -0.3 is 10.1 Å². The zero-order valence-electron chi connectivity index (χ0n) is 13.6. The quantitative estimate of drug-likeness (QED) is 0.795. The van der Waals surface area contributed by atoms with E-state index in [4.69, 9.17) is 4.74 Å². The number of nitrogens with zero attached hydrogens (tertiary/aromatic N) is 2. The molecular weight excluding hydrogens is 321 g/mol. The molecule has 1 unspecified atom stereocenters. The maximum absolute atomic E-state index is 13.5. The van der Waals surface area contributed by atoms with E-state index in [2.05, 4.69) is 10.4 Å². The average Bonchev–Trinajstić information content (AvgIpc) is 3.26. The molecule has 0 saturated carbocycles. The van der Waals surface area contributed by atoms with Crippen LogP contribution in [0.1, 0.15) is 28.0 Å². The molecule has 1 amide bonds. The number of fused-ring (bicyclic) bond motifs is 1. The zero-order chi connectivity index (χ0) is 17.2. The van der Waals surface area contributed by atoms with Gasteiger partial charge >= 0.3 is 0 Å². The summed E-state index contributed by atoms with van der Waals surface area (Å²) in [6.45, 7) is 1.20. The van der Waals surface area contributed by atoms with Gasteiger partial charge in [0.2, 0.25) is 0 Å². The first-order valence-corrected chi connectivity index (χ1v) is 8.29. The highest BCUT2D eigenvalue weighted by Crippen LogP contribution is 2.18. The second kappa shape index (κ2) is 6.64. The van der Waals surface area contributed by atoms with E-state index in [0.29, 0.717) is 25.3 Å². The van der Waals surface area contributed by atoms with E-state index in [0.717, 1.165) is 23.1 Å². The van der Waals surface area contributed by atoms with Crippen LogP contribution in [0.2, 0.25) is 0 Å².